The van der Waals surface area contributed by atoms with E-state index in [1.54, 1.807) is 12.4 Å². The second-order valence-corrected chi connectivity index (χ2v) is 8.91. The van der Waals surface area contributed by atoms with Gasteiger partial charge in [0.25, 0.3) is 5.91 Å². The predicted octanol–water partition coefficient (Wildman–Crippen LogP) is 1.15. The van der Waals surface area contributed by atoms with Crippen molar-refractivity contribution in [2.45, 2.75) is 11.8 Å². The fourth-order valence-corrected chi connectivity index (χ4v) is 4.64. The molecule has 0 spiro atoms. The van der Waals surface area contributed by atoms with Crippen molar-refractivity contribution < 1.29 is 18.0 Å². The van der Waals surface area contributed by atoms with Crippen molar-refractivity contribution in [1.82, 2.24) is 24.8 Å². The van der Waals surface area contributed by atoms with E-state index >= 15 is 0 Å². The summed E-state index contributed by atoms with van der Waals surface area (Å²) in [5.74, 6) is -0.378. The van der Waals surface area contributed by atoms with E-state index in [1.165, 1.54) is 24.3 Å². The number of benzene rings is 1. The lowest BCUT2D eigenvalue weighted by Gasteiger charge is -2.25. The van der Waals surface area contributed by atoms with Crippen LogP contribution in [0.15, 0.2) is 53.7 Å². The zero-order chi connectivity index (χ0) is 22.0. The van der Waals surface area contributed by atoms with Crippen LogP contribution in [0.1, 0.15) is 15.9 Å². The molecular weight excluding hydrogens is 420 g/mol. The van der Waals surface area contributed by atoms with Crippen molar-refractivity contribution in [1.29, 1.82) is 0 Å². The Morgan fingerprint density at radius 3 is 2.52 bits per heavy atom. The maximum absolute atomic E-state index is 12.7. The van der Waals surface area contributed by atoms with Crippen LogP contribution in [-0.4, -0.2) is 59.4 Å². The zero-order valence-corrected chi connectivity index (χ0v) is 17.4. The SMILES string of the molecule is Cc1c(NC(=O)c2ccc(S(=O)(=O)N3CCNC(=O)C3)cc2)n[nH]c1-c1ccncc1. The maximum Gasteiger partial charge on any atom is 0.256 e. The monoisotopic (exact) mass is 440 g/mol. The van der Waals surface area contributed by atoms with Gasteiger partial charge in [-0.15, -0.1) is 0 Å². The second kappa shape index (κ2) is 8.28. The minimum Gasteiger partial charge on any atom is -0.354 e. The number of rotatable bonds is 5. The normalized spacial score (nSPS) is 14.8. The maximum atomic E-state index is 12.7. The van der Waals surface area contributed by atoms with E-state index in [-0.39, 0.29) is 36.0 Å². The van der Waals surface area contributed by atoms with E-state index in [4.69, 9.17) is 0 Å². The van der Waals surface area contributed by atoms with Gasteiger partial charge in [0, 0.05) is 42.2 Å². The van der Waals surface area contributed by atoms with Crippen molar-refractivity contribution in [2.24, 2.45) is 0 Å². The summed E-state index contributed by atoms with van der Waals surface area (Å²) >= 11 is 0. The van der Waals surface area contributed by atoms with Crippen LogP contribution in [0.4, 0.5) is 5.82 Å². The highest BCUT2D eigenvalue weighted by Gasteiger charge is 2.29. The van der Waals surface area contributed by atoms with Crippen LogP contribution in [0.5, 0.6) is 0 Å². The molecule has 3 N–H and O–H groups in total. The average molecular weight is 440 g/mol. The van der Waals surface area contributed by atoms with E-state index in [0.717, 1.165) is 21.1 Å². The number of pyridine rings is 1. The lowest BCUT2D eigenvalue weighted by atomic mass is 10.1. The Labute approximate surface area is 178 Å². The standard InChI is InChI=1S/C20H20N6O4S/c1-13-18(14-6-8-21-9-7-14)24-25-19(13)23-20(28)15-2-4-16(5-3-15)31(29,30)26-11-10-22-17(27)12-26/h2-9H,10-12H2,1H3,(H,22,27)(H2,23,24,25,28). The van der Waals surface area contributed by atoms with Gasteiger partial charge in [0.15, 0.2) is 5.82 Å². The second-order valence-electron chi connectivity index (χ2n) is 6.98. The summed E-state index contributed by atoms with van der Waals surface area (Å²) in [4.78, 5) is 28.1. The molecule has 1 aliphatic rings. The first-order chi connectivity index (χ1) is 14.9. The predicted molar refractivity (Wildman–Crippen MR) is 113 cm³/mol. The number of sulfonamides is 1. The molecule has 160 valence electrons. The van der Waals surface area contributed by atoms with E-state index in [1.807, 2.05) is 19.1 Å². The first kappa shape index (κ1) is 20.7. The number of nitrogens with one attached hydrogen (secondary N) is 3. The van der Waals surface area contributed by atoms with Gasteiger partial charge in [0.1, 0.15) is 0 Å². The van der Waals surface area contributed by atoms with Crippen molar-refractivity contribution in [3.63, 3.8) is 0 Å². The van der Waals surface area contributed by atoms with Crippen LogP contribution in [0, 0.1) is 6.92 Å². The molecule has 1 aromatic carbocycles. The molecule has 0 bridgehead atoms. The fraction of sp³-hybridized carbons (Fsp3) is 0.200. The number of hydrogen-bond donors (Lipinski definition) is 3. The van der Waals surface area contributed by atoms with Gasteiger partial charge in [0.05, 0.1) is 17.1 Å². The van der Waals surface area contributed by atoms with E-state index < -0.39 is 15.9 Å². The number of hydrogen-bond acceptors (Lipinski definition) is 6. The van der Waals surface area contributed by atoms with Crippen molar-refractivity contribution in [3.05, 3.63) is 59.9 Å². The van der Waals surface area contributed by atoms with Gasteiger partial charge in [-0.1, -0.05) is 0 Å². The summed E-state index contributed by atoms with van der Waals surface area (Å²) in [6.07, 6.45) is 3.33. The molecule has 3 aromatic rings. The van der Waals surface area contributed by atoms with Gasteiger partial charge in [-0.05, 0) is 43.3 Å². The number of nitrogens with zero attached hydrogens (tertiary/aromatic N) is 3. The molecule has 0 radical (unpaired) electrons. The number of piperazine rings is 1. The number of H-pyrrole nitrogens is 1. The highest BCUT2D eigenvalue weighted by molar-refractivity contribution is 7.89. The molecule has 31 heavy (non-hydrogen) atoms. The number of aromatic nitrogens is 3. The van der Waals surface area contributed by atoms with E-state index in [2.05, 4.69) is 25.8 Å². The van der Waals surface area contributed by atoms with Gasteiger partial charge < -0.3 is 10.6 Å². The third-order valence-corrected chi connectivity index (χ3v) is 6.83. The van der Waals surface area contributed by atoms with Crippen molar-refractivity contribution >= 4 is 27.7 Å². The Hall–Kier alpha value is -3.57. The molecule has 10 nitrogen and oxygen atoms in total. The molecule has 0 atom stereocenters. The third-order valence-electron chi connectivity index (χ3n) is 4.97. The largest absolute Gasteiger partial charge is 0.354 e. The molecule has 11 heteroatoms. The van der Waals surface area contributed by atoms with Crippen LogP contribution >= 0.6 is 0 Å². The molecule has 1 fully saturated rings. The number of aromatic amines is 1. The highest BCUT2D eigenvalue weighted by Crippen LogP contribution is 2.25. The van der Waals surface area contributed by atoms with Crippen molar-refractivity contribution in [2.75, 3.05) is 25.0 Å². The quantitative estimate of drug-likeness (QED) is 0.544. The summed E-state index contributed by atoms with van der Waals surface area (Å²) in [5.41, 5.74) is 2.71. The Kier molecular flexibility index (Phi) is 5.53. The topological polar surface area (TPSA) is 137 Å². The summed E-state index contributed by atoms with van der Waals surface area (Å²) in [6.45, 7) is 2.08. The lowest BCUT2D eigenvalue weighted by Crippen LogP contribution is -2.49. The van der Waals surface area contributed by atoms with Crippen molar-refractivity contribution in [3.8, 4) is 11.3 Å². The summed E-state index contributed by atoms with van der Waals surface area (Å²) in [5, 5.41) is 12.4. The number of anilines is 1. The summed E-state index contributed by atoms with van der Waals surface area (Å²) in [6, 6.07) is 9.23. The molecule has 0 unspecified atom stereocenters. The van der Waals surface area contributed by atoms with Gasteiger partial charge in [-0.25, -0.2) is 8.42 Å². The first-order valence-electron chi connectivity index (χ1n) is 9.50. The fourth-order valence-electron chi connectivity index (χ4n) is 3.25. The summed E-state index contributed by atoms with van der Waals surface area (Å²) in [7, 11) is -3.81. The Morgan fingerprint density at radius 2 is 1.84 bits per heavy atom. The van der Waals surface area contributed by atoms with Crippen LogP contribution in [0.3, 0.4) is 0 Å². The minimum absolute atomic E-state index is 0.0228. The molecule has 2 aromatic heterocycles. The molecule has 4 rings (SSSR count). The van der Waals surface area contributed by atoms with Crippen LogP contribution in [0.25, 0.3) is 11.3 Å². The number of carbonyl (C=O) groups excluding carboxylic acids is 2. The Balaban J connectivity index is 1.49. The number of carbonyl (C=O) groups is 2. The molecule has 1 aliphatic heterocycles. The lowest BCUT2D eigenvalue weighted by molar-refractivity contribution is -0.122. The minimum atomic E-state index is -3.81. The summed E-state index contributed by atoms with van der Waals surface area (Å²) < 4.78 is 26.5. The molecular formula is C20H20N6O4S. The highest BCUT2D eigenvalue weighted by atomic mass is 32.2. The average Bonchev–Trinajstić information content (AvgIpc) is 3.14. The Morgan fingerprint density at radius 1 is 1.13 bits per heavy atom. The van der Waals surface area contributed by atoms with E-state index in [9.17, 15) is 18.0 Å². The van der Waals surface area contributed by atoms with Gasteiger partial charge >= 0.3 is 0 Å². The number of amides is 2. The molecule has 0 saturated carbocycles. The third kappa shape index (κ3) is 4.18. The van der Waals surface area contributed by atoms with Gasteiger partial charge in [-0.2, -0.15) is 9.40 Å². The molecule has 0 aliphatic carbocycles. The first-order valence-corrected chi connectivity index (χ1v) is 10.9. The van der Waals surface area contributed by atoms with Crippen LogP contribution in [0.2, 0.25) is 0 Å². The van der Waals surface area contributed by atoms with Crippen LogP contribution < -0.4 is 10.6 Å². The van der Waals surface area contributed by atoms with E-state index in [0.29, 0.717) is 5.82 Å². The smallest absolute Gasteiger partial charge is 0.256 e. The van der Waals surface area contributed by atoms with Gasteiger partial charge in [0.2, 0.25) is 15.9 Å². The molecule has 3 heterocycles. The zero-order valence-electron chi connectivity index (χ0n) is 16.6. The van der Waals surface area contributed by atoms with Crippen LogP contribution in [-0.2, 0) is 14.8 Å². The Bertz CT molecular complexity index is 1220. The molecule has 1 saturated heterocycles. The van der Waals surface area contributed by atoms with Gasteiger partial charge in [-0.3, -0.25) is 19.7 Å². The molecule has 2 amide bonds.